The Morgan fingerprint density at radius 3 is 2.65 bits per heavy atom. The van der Waals surface area contributed by atoms with Crippen molar-refractivity contribution in [1.29, 1.82) is 0 Å². The maximum Gasteiger partial charge on any atom is 0.243 e. The molecule has 3 atom stereocenters. The lowest BCUT2D eigenvalue weighted by Crippen LogP contribution is -2.47. The fourth-order valence-corrected chi connectivity index (χ4v) is 5.81. The third-order valence-corrected chi connectivity index (χ3v) is 7.64. The fraction of sp³-hybridized carbons (Fsp3) is 0.440. The van der Waals surface area contributed by atoms with E-state index in [0.29, 0.717) is 30.3 Å². The van der Waals surface area contributed by atoms with E-state index in [-0.39, 0.29) is 17.7 Å². The van der Waals surface area contributed by atoms with Gasteiger partial charge in [0.05, 0.1) is 38.8 Å². The van der Waals surface area contributed by atoms with Gasteiger partial charge < -0.3 is 19.8 Å². The third-order valence-electron chi connectivity index (χ3n) is 6.18. The number of hydrogen-bond acceptors (Lipinski definition) is 7. The summed E-state index contributed by atoms with van der Waals surface area (Å²) in [7, 11) is 0. The van der Waals surface area contributed by atoms with E-state index in [4.69, 9.17) is 16.7 Å². The van der Waals surface area contributed by atoms with Crippen LogP contribution in [0.4, 0.5) is 0 Å². The molecule has 7 nitrogen and oxygen atoms in total. The molecule has 2 N–H and O–H groups in total. The van der Waals surface area contributed by atoms with Gasteiger partial charge in [-0.3, -0.25) is 4.79 Å². The Hall–Kier alpha value is -2.62. The molecular formula is C25H30N4O3S2. The molecule has 3 aromatic rings. The molecule has 4 rings (SSSR count). The first-order valence-electron chi connectivity index (χ1n) is 11.4. The number of carbonyl (C=O) groups is 1. The van der Waals surface area contributed by atoms with Crippen LogP contribution in [0.15, 0.2) is 40.4 Å². The van der Waals surface area contributed by atoms with Crippen LogP contribution in [0.2, 0.25) is 0 Å². The van der Waals surface area contributed by atoms with Crippen LogP contribution >= 0.6 is 23.6 Å². The molecule has 2 aromatic heterocycles. The SMILES string of the molecule is Cc1cc(C(C(=S)N2C[C@H](O)C[C@H]2C(=O)NCc2ccc(-c3scnc3C)cc2)C(C)C)on1. The van der Waals surface area contributed by atoms with E-state index in [2.05, 4.69) is 41.4 Å². The number of rotatable bonds is 7. The van der Waals surface area contributed by atoms with Crippen molar-refractivity contribution in [1.82, 2.24) is 20.4 Å². The number of hydrogen-bond donors (Lipinski definition) is 2. The number of β-amino-alcohol motifs (C(OH)–C–C–N with tert-alkyl or cyclic N) is 1. The summed E-state index contributed by atoms with van der Waals surface area (Å²) in [6.45, 7) is 8.73. The first-order chi connectivity index (χ1) is 16.2. The standard InChI is InChI=1S/C25H30N4O3S2/c1-14(2)22(21-9-15(3)28-32-21)25(33)29-12-19(30)10-20(29)24(31)26-11-17-5-7-18(8-6-17)23-16(4)27-13-34-23/h5-9,13-14,19-20,22,30H,10-12H2,1-4H3,(H,26,31)/t19-,20+,22?/m1/s1. The number of aromatic nitrogens is 2. The minimum absolute atomic E-state index is 0.141. The van der Waals surface area contributed by atoms with Gasteiger partial charge in [-0.05, 0) is 30.9 Å². The van der Waals surface area contributed by atoms with Crippen LogP contribution in [-0.2, 0) is 11.3 Å². The maximum atomic E-state index is 13.1. The minimum Gasteiger partial charge on any atom is -0.391 e. The normalized spacial score (nSPS) is 18.9. The number of thiazole rings is 1. The summed E-state index contributed by atoms with van der Waals surface area (Å²) in [5.74, 6) is 0.508. The molecule has 1 amide bonds. The number of thiocarbonyl (C=S) groups is 1. The van der Waals surface area contributed by atoms with Gasteiger partial charge in [0, 0.05) is 25.6 Å². The number of likely N-dealkylation sites (tertiary alicyclic amines) is 1. The molecule has 1 fully saturated rings. The maximum absolute atomic E-state index is 13.1. The molecule has 0 radical (unpaired) electrons. The van der Waals surface area contributed by atoms with Crippen LogP contribution in [-0.4, -0.2) is 49.7 Å². The predicted octanol–water partition coefficient (Wildman–Crippen LogP) is 4.23. The summed E-state index contributed by atoms with van der Waals surface area (Å²) in [6.07, 6.45) is -0.268. The number of carbonyl (C=O) groups excluding carboxylic acids is 1. The van der Waals surface area contributed by atoms with E-state index in [1.165, 1.54) is 0 Å². The Balaban J connectivity index is 1.43. The van der Waals surface area contributed by atoms with Crippen LogP contribution < -0.4 is 5.32 Å². The number of aliphatic hydroxyl groups is 1. The Labute approximate surface area is 209 Å². The van der Waals surface area contributed by atoms with Crippen LogP contribution in [0, 0.1) is 19.8 Å². The number of amides is 1. The lowest BCUT2D eigenvalue weighted by atomic mass is 9.92. The average molecular weight is 499 g/mol. The highest BCUT2D eigenvalue weighted by Gasteiger charge is 2.40. The molecule has 9 heteroatoms. The Morgan fingerprint density at radius 2 is 2.06 bits per heavy atom. The van der Waals surface area contributed by atoms with Crippen molar-refractivity contribution in [2.24, 2.45) is 5.92 Å². The summed E-state index contributed by atoms with van der Waals surface area (Å²) in [4.78, 5) is 21.1. The monoisotopic (exact) mass is 498 g/mol. The van der Waals surface area contributed by atoms with E-state index in [1.807, 2.05) is 42.5 Å². The first-order valence-corrected chi connectivity index (χ1v) is 12.7. The average Bonchev–Trinajstić information content (AvgIpc) is 3.52. The summed E-state index contributed by atoms with van der Waals surface area (Å²) in [6, 6.07) is 9.50. The summed E-state index contributed by atoms with van der Waals surface area (Å²) in [5, 5.41) is 17.4. The van der Waals surface area contributed by atoms with E-state index in [9.17, 15) is 9.90 Å². The molecule has 1 unspecified atom stereocenters. The van der Waals surface area contributed by atoms with E-state index < -0.39 is 12.1 Å². The highest BCUT2D eigenvalue weighted by Crippen LogP contribution is 2.32. The zero-order valence-corrected chi connectivity index (χ0v) is 21.4. The van der Waals surface area contributed by atoms with Crippen molar-refractivity contribution in [2.75, 3.05) is 6.54 Å². The first kappa shape index (κ1) is 24.5. The van der Waals surface area contributed by atoms with Crippen molar-refractivity contribution in [2.45, 2.75) is 58.7 Å². The number of nitrogens with zero attached hydrogens (tertiary/aromatic N) is 3. The Morgan fingerprint density at radius 1 is 1.32 bits per heavy atom. The molecule has 180 valence electrons. The Kier molecular flexibility index (Phi) is 7.45. The van der Waals surface area contributed by atoms with Gasteiger partial charge in [0.25, 0.3) is 0 Å². The molecular weight excluding hydrogens is 468 g/mol. The lowest BCUT2D eigenvalue weighted by Gasteiger charge is -2.31. The lowest BCUT2D eigenvalue weighted by molar-refractivity contribution is -0.124. The van der Waals surface area contributed by atoms with Crippen molar-refractivity contribution < 1.29 is 14.4 Å². The zero-order chi connectivity index (χ0) is 24.4. The smallest absolute Gasteiger partial charge is 0.243 e. The molecule has 0 saturated carbocycles. The summed E-state index contributed by atoms with van der Waals surface area (Å²) < 4.78 is 5.51. The summed E-state index contributed by atoms with van der Waals surface area (Å²) in [5.41, 5.74) is 5.77. The van der Waals surface area contributed by atoms with Crippen molar-refractivity contribution >= 4 is 34.5 Å². The molecule has 1 aliphatic rings. The molecule has 1 aliphatic heterocycles. The number of aryl methyl sites for hydroxylation is 2. The highest BCUT2D eigenvalue weighted by molar-refractivity contribution is 7.80. The molecule has 3 heterocycles. The van der Waals surface area contributed by atoms with Gasteiger partial charge >= 0.3 is 0 Å². The second-order valence-electron chi connectivity index (χ2n) is 9.17. The second-order valence-corrected chi connectivity index (χ2v) is 10.4. The molecule has 0 spiro atoms. The van der Waals surface area contributed by atoms with Gasteiger partial charge in [-0.1, -0.05) is 55.5 Å². The zero-order valence-electron chi connectivity index (χ0n) is 19.8. The van der Waals surface area contributed by atoms with Gasteiger partial charge in [-0.25, -0.2) is 4.98 Å². The number of aliphatic hydroxyl groups excluding tert-OH is 1. The van der Waals surface area contributed by atoms with Crippen molar-refractivity contribution in [3.63, 3.8) is 0 Å². The molecule has 0 bridgehead atoms. The largest absolute Gasteiger partial charge is 0.391 e. The fourth-order valence-electron chi connectivity index (χ4n) is 4.41. The molecule has 34 heavy (non-hydrogen) atoms. The van der Waals surface area contributed by atoms with E-state index >= 15 is 0 Å². The Bertz CT molecular complexity index is 1160. The van der Waals surface area contributed by atoms with E-state index in [0.717, 1.165) is 27.4 Å². The molecule has 0 aliphatic carbocycles. The number of nitrogens with one attached hydrogen (secondary N) is 1. The quantitative estimate of drug-likeness (QED) is 0.471. The van der Waals surface area contributed by atoms with Crippen LogP contribution in [0.1, 0.15) is 48.9 Å². The van der Waals surface area contributed by atoms with E-state index in [1.54, 1.807) is 11.3 Å². The molecule has 1 saturated heterocycles. The second kappa shape index (κ2) is 10.3. The van der Waals surface area contributed by atoms with Crippen LogP contribution in [0.25, 0.3) is 10.4 Å². The molecule has 1 aromatic carbocycles. The number of benzene rings is 1. The van der Waals surface area contributed by atoms with Crippen LogP contribution in [0.5, 0.6) is 0 Å². The van der Waals surface area contributed by atoms with Crippen molar-refractivity contribution in [3.8, 4) is 10.4 Å². The predicted molar refractivity (Wildman–Crippen MR) is 137 cm³/mol. The third kappa shape index (κ3) is 5.21. The van der Waals surface area contributed by atoms with Gasteiger partial charge in [-0.2, -0.15) is 0 Å². The van der Waals surface area contributed by atoms with Gasteiger partial charge in [0.2, 0.25) is 5.91 Å². The highest BCUT2D eigenvalue weighted by atomic mass is 32.1. The van der Waals surface area contributed by atoms with Gasteiger partial charge in [-0.15, -0.1) is 11.3 Å². The summed E-state index contributed by atoms with van der Waals surface area (Å²) >= 11 is 7.45. The van der Waals surface area contributed by atoms with Crippen LogP contribution in [0.3, 0.4) is 0 Å². The van der Waals surface area contributed by atoms with Crippen molar-refractivity contribution in [3.05, 3.63) is 58.6 Å². The van der Waals surface area contributed by atoms with Gasteiger partial charge in [0.15, 0.2) is 0 Å². The topological polar surface area (TPSA) is 91.5 Å². The van der Waals surface area contributed by atoms with Gasteiger partial charge in [0.1, 0.15) is 11.8 Å². The minimum atomic E-state index is -0.611.